The molecule has 20 heavy (non-hydrogen) atoms. The van der Waals surface area contributed by atoms with E-state index in [0.29, 0.717) is 16.5 Å². The van der Waals surface area contributed by atoms with E-state index in [2.05, 4.69) is 0 Å². The van der Waals surface area contributed by atoms with Crippen LogP contribution in [0.1, 0.15) is 50.1 Å². The fraction of sp³-hybridized carbons (Fsp3) is 0.533. The number of rotatable bonds is 5. The Morgan fingerprint density at radius 2 is 1.90 bits per heavy atom. The second-order valence-electron chi connectivity index (χ2n) is 5.83. The van der Waals surface area contributed by atoms with E-state index in [1.807, 2.05) is 12.1 Å². The van der Waals surface area contributed by atoms with Crippen LogP contribution in [-0.2, 0) is 4.79 Å². The molecule has 4 N–H and O–H groups in total. The number of carbonyl (C=O) groups is 1. The summed E-state index contributed by atoms with van der Waals surface area (Å²) in [5.74, 6) is -0.242. The van der Waals surface area contributed by atoms with Gasteiger partial charge in [0.1, 0.15) is 0 Å². The molecule has 1 aromatic carbocycles. The summed E-state index contributed by atoms with van der Waals surface area (Å²) in [6.07, 6.45) is 5.49. The minimum Gasteiger partial charge on any atom is -0.370 e. The lowest BCUT2D eigenvalue weighted by Crippen LogP contribution is -2.29. The van der Waals surface area contributed by atoms with Gasteiger partial charge >= 0.3 is 0 Å². The number of amides is 1. The van der Waals surface area contributed by atoms with Crippen LogP contribution >= 0.6 is 23.2 Å². The zero-order chi connectivity index (χ0) is 14.8. The molecule has 1 atom stereocenters. The smallest absolute Gasteiger partial charge is 0.217 e. The summed E-state index contributed by atoms with van der Waals surface area (Å²) in [4.78, 5) is 11.3. The third kappa shape index (κ3) is 3.66. The molecule has 0 aliphatic heterocycles. The molecule has 1 aliphatic rings. The summed E-state index contributed by atoms with van der Waals surface area (Å²) in [6.45, 7) is 0. The minimum absolute atomic E-state index is 0.0443. The van der Waals surface area contributed by atoms with Crippen LogP contribution in [0.15, 0.2) is 18.2 Å². The summed E-state index contributed by atoms with van der Waals surface area (Å²) in [5, 5.41) is 1.03. The van der Waals surface area contributed by atoms with Gasteiger partial charge in [-0.1, -0.05) is 42.1 Å². The average molecular weight is 315 g/mol. The first kappa shape index (κ1) is 15.6. The van der Waals surface area contributed by atoms with E-state index in [-0.39, 0.29) is 17.4 Å². The fourth-order valence-corrected chi connectivity index (χ4v) is 3.58. The highest BCUT2D eigenvalue weighted by Crippen LogP contribution is 2.46. The van der Waals surface area contributed by atoms with Crippen LogP contribution in [0, 0.1) is 5.41 Å². The number of carbonyl (C=O) groups excluding carboxylic acids is 1. The maximum Gasteiger partial charge on any atom is 0.217 e. The zero-order valence-corrected chi connectivity index (χ0v) is 12.9. The van der Waals surface area contributed by atoms with E-state index in [1.54, 1.807) is 6.07 Å². The second kappa shape index (κ2) is 6.33. The van der Waals surface area contributed by atoms with Crippen LogP contribution in [0.2, 0.25) is 10.0 Å². The molecule has 0 heterocycles. The fourth-order valence-electron chi connectivity index (χ4n) is 3.28. The molecule has 0 radical (unpaired) electrons. The highest BCUT2D eigenvalue weighted by atomic mass is 35.5. The van der Waals surface area contributed by atoms with Gasteiger partial charge in [0, 0.05) is 12.5 Å². The van der Waals surface area contributed by atoms with Gasteiger partial charge in [0.05, 0.1) is 10.0 Å². The lowest BCUT2D eigenvalue weighted by Gasteiger charge is -2.31. The topological polar surface area (TPSA) is 69.1 Å². The molecule has 3 nitrogen and oxygen atoms in total. The number of primary amides is 1. The Labute approximate surface area is 129 Å². The predicted octanol–water partition coefficient (Wildman–Crippen LogP) is 3.82. The van der Waals surface area contributed by atoms with E-state index >= 15 is 0 Å². The largest absolute Gasteiger partial charge is 0.370 e. The van der Waals surface area contributed by atoms with Crippen LogP contribution in [-0.4, -0.2) is 5.91 Å². The highest BCUT2D eigenvalue weighted by Gasteiger charge is 2.37. The summed E-state index contributed by atoms with van der Waals surface area (Å²) in [7, 11) is 0. The third-order valence-corrected chi connectivity index (χ3v) is 4.98. The van der Waals surface area contributed by atoms with Gasteiger partial charge in [-0.2, -0.15) is 0 Å². The first-order chi connectivity index (χ1) is 9.42. The molecule has 1 unspecified atom stereocenters. The Morgan fingerprint density at radius 3 is 2.45 bits per heavy atom. The summed E-state index contributed by atoms with van der Waals surface area (Å²) in [6, 6.07) is 5.31. The molecule has 0 saturated heterocycles. The van der Waals surface area contributed by atoms with Crippen molar-refractivity contribution in [3.05, 3.63) is 33.8 Å². The maximum atomic E-state index is 11.3. The van der Waals surface area contributed by atoms with E-state index in [9.17, 15) is 4.79 Å². The molecule has 1 aromatic rings. The van der Waals surface area contributed by atoms with Crippen LogP contribution < -0.4 is 11.5 Å². The molecule has 0 spiro atoms. The van der Waals surface area contributed by atoms with Crippen molar-refractivity contribution < 1.29 is 4.79 Å². The van der Waals surface area contributed by atoms with Crippen molar-refractivity contribution in [2.75, 3.05) is 0 Å². The molecule has 0 bridgehead atoms. The van der Waals surface area contributed by atoms with Crippen LogP contribution in [0.25, 0.3) is 0 Å². The van der Waals surface area contributed by atoms with Gasteiger partial charge in [-0.05, 0) is 42.4 Å². The van der Waals surface area contributed by atoms with E-state index < -0.39 is 0 Å². The zero-order valence-electron chi connectivity index (χ0n) is 11.4. The SMILES string of the molecule is NC(=O)CC1(CC(N)c2ccc(Cl)c(Cl)c2)CCCC1. The first-order valence-electron chi connectivity index (χ1n) is 6.91. The standard InChI is InChI=1S/C15H20Cl2N2O/c16-11-4-3-10(7-12(11)17)13(18)8-15(9-14(19)20)5-1-2-6-15/h3-4,7,13H,1-2,5-6,8-9,18H2,(H2,19,20). The van der Waals surface area contributed by atoms with Gasteiger partial charge in [-0.15, -0.1) is 0 Å². The lowest BCUT2D eigenvalue weighted by molar-refractivity contribution is -0.120. The van der Waals surface area contributed by atoms with Crippen LogP contribution in [0.4, 0.5) is 0 Å². The van der Waals surface area contributed by atoms with Gasteiger partial charge < -0.3 is 11.5 Å². The predicted molar refractivity (Wildman–Crippen MR) is 82.7 cm³/mol. The summed E-state index contributed by atoms with van der Waals surface area (Å²) < 4.78 is 0. The van der Waals surface area contributed by atoms with Crippen molar-refractivity contribution in [1.29, 1.82) is 0 Å². The van der Waals surface area contributed by atoms with E-state index in [4.69, 9.17) is 34.7 Å². The summed E-state index contributed by atoms with van der Waals surface area (Å²) >= 11 is 11.9. The Hall–Kier alpha value is -0.770. The number of nitrogens with two attached hydrogens (primary N) is 2. The highest BCUT2D eigenvalue weighted by molar-refractivity contribution is 6.42. The van der Waals surface area contributed by atoms with E-state index in [1.165, 1.54) is 0 Å². The number of benzene rings is 1. The van der Waals surface area contributed by atoms with Gasteiger partial charge in [-0.3, -0.25) is 4.79 Å². The normalized spacial score (nSPS) is 18.9. The molecule has 1 fully saturated rings. The molecule has 0 aromatic heterocycles. The van der Waals surface area contributed by atoms with Gasteiger partial charge in [0.15, 0.2) is 0 Å². The minimum atomic E-state index is -0.242. The molecule has 2 rings (SSSR count). The lowest BCUT2D eigenvalue weighted by atomic mass is 9.76. The quantitative estimate of drug-likeness (QED) is 0.867. The first-order valence-corrected chi connectivity index (χ1v) is 7.66. The van der Waals surface area contributed by atoms with Crippen molar-refractivity contribution in [2.24, 2.45) is 16.9 Å². The molecular formula is C15H20Cl2N2O. The van der Waals surface area contributed by atoms with Crippen molar-refractivity contribution >= 4 is 29.1 Å². The van der Waals surface area contributed by atoms with Crippen molar-refractivity contribution in [2.45, 2.75) is 44.6 Å². The molecule has 110 valence electrons. The second-order valence-corrected chi connectivity index (χ2v) is 6.65. The van der Waals surface area contributed by atoms with Gasteiger partial charge in [0.25, 0.3) is 0 Å². The Bertz CT molecular complexity index is 499. The molecule has 1 saturated carbocycles. The number of halogens is 2. The Balaban J connectivity index is 2.13. The van der Waals surface area contributed by atoms with Crippen LogP contribution in [0.5, 0.6) is 0 Å². The molecular weight excluding hydrogens is 295 g/mol. The van der Waals surface area contributed by atoms with Crippen molar-refractivity contribution in [3.63, 3.8) is 0 Å². The van der Waals surface area contributed by atoms with Crippen molar-refractivity contribution in [3.8, 4) is 0 Å². The molecule has 1 aliphatic carbocycles. The summed E-state index contributed by atoms with van der Waals surface area (Å²) in [5.41, 5.74) is 12.6. The number of hydrogen-bond acceptors (Lipinski definition) is 2. The third-order valence-electron chi connectivity index (χ3n) is 4.24. The Kier molecular flexibility index (Phi) is 4.95. The average Bonchev–Trinajstić information content (AvgIpc) is 2.79. The van der Waals surface area contributed by atoms with E-state index in [0.717, 1.165) is 37.7 Å². The van der Waals surface area contributed by atoms with Gasteiger partial charge in [0.2, 0.25) is 5.91 Å². The monoisotopic (exact) mass is 314 g/mol. The van der Waals surface area contributed by atoms with Crippen LogP contribution in [0.3, 0.4) is 0 Å². The number of hydrogen-bond donors (Lipinski definition) is 2. The molecule has 5 heteroatoms. The maximum absolute atomic E-state index is 11.3. The molecule has 1 amide bonds. The van der Waals surface area contributed by atoms with Crippen molar-refractivity contribution in [1.82, 2.24) is 0 Å². The Morgan fingerprint density at radius 1 is 1.25 bits per heavy atom. The van der Waals surface area contributed by atoms with Gasteiger partial charge in [-0.25, -0.2) is 0 Å².